The Kier molecular flexibility index (Phi) is 6.46. The highest BCUT2D eigenvalue weighted by atomic mass is 19.1. The molecule has 18 heavy (non-hydrogen) atoms. The van der Waals surface area contributed by atoms with E-state index in [0.29, 0.717) is 6.61 Å². The van der Waals surface area contributed by atoms with Crippen molar-refractivity contribution in [3.8, 4) is 5.75 Å². The minimum Gasteiger partial charge on any atom is -0.494 e. The number of hydrogen-bond donors (Lipinski definition) is 2. The summed E-state index contributed by atoms with van der Waals surface area (Å²) in [5.41, 5.74) is 0.183. The van der Waals surface area contributed by atoms with E-state index in [0.717, 1.165) is 25.7 Å². The van der Waals surface area contributed by atoms with E-state index in [4.69, 9.17) is 14.8 Å². The lowest BCUT2D eigenvalue weighted by atomic mass is 9.79. The predicted molar refractivity (Wildman–Crippen MR) is 70.4 cm³/mol. The number of halogens is 1. The molecule has 2 N–H and O–H groups in total. The summed E-state index contributed by atoms with van der Waals surface area (Å²) in [6.45, 7) is 4.07. The van der Waals surface area contributed by atoms with Crippen LogP contribution in [0.15, 0.2) is 30.9 Å². The normalized spacial score (nSPS) is 10.2. The first-order chi connectivity index (χ1) is 8.65. The van der Waals surface area contributed by atoms with Gasteiger partial charge in [-0.05, 0) is 31.7 Å². The van der Waals surface area contributed by atoms with Gasteiger partial charge in [-0.2, -0.15) is 0 Å². The van der Waals surface area contributed by atoms with E-state index in [1.54, 1.807) is 0 Å². The number of allylic oxidation sites excluding steroid dienone is 1. The van der Waals surface area contributed by atoms with Crippen LogP contribution in [0.5, 0.6) is 5.75 Å². The summed E-state index contributed by atoms with van der Waals surface area (Å²) in [4.78, 5) is 0. The fourth-order valence-electron chi connectivity index (χ4n) is 1.60. The van der Waals surface area contributed by atoms with Crippen molar-refractivity contribution in [1.29, 1.82) is 0 Å². The lowest BCUT2D eigenvalue weighted by Crippen LogP contribution is -2.31. The van der Waals surface area contributed by atoms with E-state index < -0.39 is 12.9 Å². The molecule has 0 saturated heterocycles. The fourth-order valence-corrected chi connectivity index (χ4v) is 1.60. The van der Waals surface area contributed by atoms with Gasteiger partial charge in [-0.3, -0.25) is 0 Å². The molecule has 0 radical (unpaired) electrons. The molecule has 0 spiro atoms. The van der Waals surface area contributed by atoms with Crippen molar-refractivity contribution in [1.82, 2.24) is 0 Å². The van der Waals surface area contributed by atoms with Crippen LogP contribution in [0.2, 0.25) is 0 Å². The third-order valence-corrected chi connectivity index (χ3v) is 2.56. The predicted octanol–water partition coefficient (Wildman–Crippen LogP) is 1.63. The van der Waals surface area contributed by atoms with Gasteiger partial charge in [0.1, 0.15) is 11.6 Å². The van der Waals surface area contributed by atoms with Crippen molar-refractivity contribution in [2.45, 2.75) is 25.7 Å². The monoisotopic (exact) mass is 252 g/mol. The molecule has 0 amide bonds. The zero-order valence-electron chi connectivity index (χ0n) is 10.3. The molecule has 0 atom stereocenters. The van der Waals surface area contributed by atoms with Gasteiger partial charge in [-0.25, -0.2) is 4.39 Å². The smallest absolute Gasteiger partial charge is 0.492 e. The Morgan fingerprint density at radius 1 is 1.28 bits per heavy atom. The third kappa shape index (κ3) is 4.90. The van der Waals surface area contributed by atoms with Crippen molar-refractivity contribution in [3.05, 3.63) is 36.7 Å². The molecule has 3 nitrogen and oxygen atoms in total. The second-order valence-corrected chi connectivity index (χ2v) is 4.04. The standard InChI is InChI=1S/C13H18BFO3/c1-2-3-4-5-6-9-18-13-10-11(15)7-8-12(13)14(16)17/h2,7-8,10,16-17H,1,3-6,9H2. The van der Waals surface area contributed by atoms with Crippen molar-refractivity contribution in [3.63, 3.8) is 0 Å². The van der Waals surface area contributed by atoms with Crippen LogP contribution in [0.25, 0.3) is 0 Å². The highest BCUT2D eigenvalue weighted by Gasteiger charge is 2.17. The maximum Gasteiger partial charge on any atom is 0.492 e. The molecule has 0 saturated carbocycles. The summed E-state index contributed by atoms with van der Waals surface area (Å²) in [5.74, 6) is -0.269. The van der Waals surface area contributed by atoms with Crippen molar-refractivity contribution in [2.24, 2.45) is 0 Å². The highest BCUT2D eigenvalue weighted by Crippen LogP contribution is 2.11. The van der Waals surface area contributed by atoms with Crippen LogP contribution in [0.3, 0.4) is 0 Å². The average Bonchev–Trinajstić information content (AvgIpc) is 2.33. The number of ether oxygens (including phenoxy) is 1. The van der Waals surface area contributed by atoms with E-state index in [-0.39, 0.29) is 11.2 Å². The molecule has 1 aromatic rings. The van der Waals surface area contributed by atoms with Gasteiger partial charge in [0, 0.05) is 11.5 Å². The van der Waals surface area contributed by atoms with Crippen LogP contribution in [-0.4, -0.2) is 23.8 Å². The fraction of sp³-hybridized carbons (Fsp3) is 0.385. The van der Waals surface area contributed by atoms with E-state index in [1.807, 2.05) is 6.08 Å². The zero-order valence-corrected chi connectivity index (χ0v) is 10.3. The van der Waals surface area contributed by atoms with Gasteiger partial charge in [0.2, 0.25) is 0 Å². The van der Waals surface area contributed by atoms with Gasteiger partial charge in [0.05, 0.1) is 6.61 Å². The van der Waals surface area contributed by atoms with Crippen LogP contribution in [0.4, 0.5) is 4.39 Å². The highest BCUT2D eigenvalue weighted by molar-refractivity contribution is 6.59. The van der Waals surface area contributed by atoms with Crippen molar-refractivity contribution < 1.29 is 19.2 Å². The molecule has 0 aliphatic heterocycles. The SMILES string of the molecule is C=CCCCCCOc1cc(F)ccc1B(O)O. The quantitative estimate of drug-likeness (QED) is 0.420. The van der Waals surface area contributed by atoms with Gasteiger partial charge in [-0.15, -0.1) is 6.58 Å². The van der Waals surface area contributed by atoms with Gasteiger partial charge in [0.15, 0.2) is 0 Å². The molecule has 0 bridgehead atoms. The first-order valence-corrected chi connectivity index (χ1v) is 6.04. The molecule has 1 aromatic carbocycles. The molecule has 5 heteroatoms. The van der Waals surface area contributed by atoms with E-state index >= 15 is 0 Å². The van der Waals surface area contributed by atoms with Gasteiger partial charge in [-0.1, -0.05) is 12.1 Å². The summed E-state index contributed by atoms with van der Waals surface area (Å²) >= 11 is 0. The molecule has 1 rings (SSSR count). The van der Waals surface area contributed by atoms with Gasteiger partial charge < -0.3 is 14.8 Å². The minimum atomic E-state index is -1.65. The van der Waals surface area contributed by atoms with Gasteiger partial charge in [0.25, 0.3) is 0 Å². The summed E-state index contributed by atoms with van der Waals surface area (Å²) in [6.07, 6.45) is 5.73. The number of benzene rings is 1. The maximum atomic E-state index is 13.0. The minimum absolute atomic E-state index is 0.183. The first-order valence-electron chi connectivity index (χ1n) is 6.04. The van der Waals surface area contributed by atoms with E-state index in [2.05, 4.69) is 6.58 Å². The molecule has 0 unspecified atom stereocenters. The largest absolute Gasteiger partial charge is 0.494 e. The van der Waals surface area contributed by atoms with E-state index in [1.165, 1.54) is 18.2 Å². The van der Waals surface area contributed by atoms with Crippen LogP contribution >= 0.6 is 0 Å². The average molecular weight is 252 g/mol. The lowest BCUT2D eigenvalue weighted by Gasteiger charge is -2.11. The molecule has 0 aromatic heterocycles. The Hall–Kier alpha value is -1.33. The summed E-state index contributed by atoms with van der Waals surface area (Å²) in [7, 11) is -1.65. The van der Waals surface area contributed by atoms with Crippen LogP contribution < -0.4 is 10.2 Å². The Labute approximate surface area is 107 Å². The maximum absolute atomic E-state index is 13.0. The molecule has 0 aliphatic rings. The Bertz CT molecular complexity index is 382. The summed E-state index contributed by atoms with van der Waals surface area (Å²) < 4.78 is 18.4. The third-order valence-electron chi connectivity index (χ3n) is 2.56. The number of unbranched alkanes of at least 4 members (excludes halogenated alkanes) is 3. The molecular formula is C13H18BFO3. The zero-order chi connectivity index (χ0) is 13.4. The number of rotatable bonds is 8. The van der Waals surface area contributed by atoms with Crippen LogP contribution in [0, 0.1) is 5.82 Å². The molecule has 0 fully saturated rings. The number of hydrogen-bond acceptors (Lipinski definition) is 3. The second-order valence-electron chi connectivity index (χ2n) is 4.04. The molecular weight excluding hydrogens is 234 g/mol. The lowest BCUT2D eigenvalue weighted by molar-refractivity contribution is 0.304. The Morgan fingerprint density at radius 3 is 2.72 bits per heavy atom. The topological polar surface area (TPSA) is 49.7 Å². The second kappa shape index (κ2) is 7.90. The van der Waals surface area contributed by atoms with Gasteiger partial charge >= 0.3 is 7.12 Å². The van der Waals surface area contributed by atoms with E-state index in [9.17, 15) is 4.39 Å². The van der Waals surface area contributed by atoms with Crippen LogP contribution in [-0.2, 0) is 0 Å². The molecule has 98 valence electrons. The Balaban J connectivity index is 2.45. The first kappa shape index (κ1) is 14.7. The molecule has 0 heterocycles. The van der Waals surface area contributed by atoms with Crippen molar-refractivity contribution >= 4 is 12.6 Å². The Morgan fingerprint density at radius 2 is 2.06 bits per heavy atom. The van der Waals surface area contributed by atoms with Crippen molar-refractivity contribution in [2.75, 3.05) is 6.61 Å². The molecule has 0 aliphatic carbocycles. The summed E-state index contributed by atoms with van der Waals surface area (Å²) in [5, 5.41) is 18.2. The summed E-state index contributed by atoms with van der Waals surface area (Å²) in [6, 6.07) is 3.65. The van der Waals surface area contributed by atoms with Crippen LogP contribution in [0.1, 0.15) is 25.7 Å².